The summed E-state index contributed by atoms with van der Waals surface area (Å²) in [6, 6.07) is 22.9. The average molecular weight is 441 g/mol. The molecule has 0 radical (unpaired) electrons. The maximum atomic E-state index is 13.2. The van der Waals surface area contributed by atoms with Crippen molar-refractivity contribution >= 4 is 22.6 Å². The second-order valence-corrected chi connectivity index (χ2v) is 7.75. The molecule has 1 amide bonds. The van der Waals surface area contributed by atoms with Gasteiger partial charge in [0.15, 0.2) is 0 Å². The Balaban J connectivity index is 1.32. The molecule has 3 heterocycles. The minimum Gasteiger partial charge on any atom is -0.439 e. The molecule has 0 saturated carbocycles. The highest BCUT2D eigenvalue weighted by Gasteiger charge is 2.21. The van der Waals surface area contributed by atoms with Crippen molar-refractivity contribution in [2.45, 2.75) is 6.54 Å². The van der Waals surface area contributed by atoms with E-state index in [1.54, 1.807) is 6.20 Å². The summed E-state index contributed by atoms with van der Waals surface area (Å²) in [7, 11) is 0. The maximum Gasteiger partial charge on any atom is 0.254 e. The van der Waals surface area contributed by atoms with E-state index in [1.165, 1.54) is 0 Å². The lowest BCUT2D eigenvalue weighted by atomic mass is 10.1. The summed E-state index contributed by atoms with van der Waals surface area (Å²) in [4.78, 5) is 24.1. The van der Waals surface area contributed by atoms with Crippen molar-refractivity contribution in [1.29, 1.82) is 0 Å². The summed E-state index contributed by atoms with van der Waals surface area (Å²) in [6.45, 7) is 2.85. The number of anilines is 1. The van der Waals surface area contributed by atoms with E-state index in [2.05, 4.69) is 10.3 Å². The lowest BCUT2D eigenvalue weighted by Crippen LogP contribution is -2.40. The smallest absolute Gasteiger partial charge is 0.254 e. The topological polar surface area (TPSA) is 76.6 Å². The predicted molar refractivity (Wildman–Crippen MR) is 127 cm³/mol. The molecule has 2 aromatic carbocycles. The molecule has 0 atom stereocenters. The van der Waals surface area contributed by atoms with Gasteiger partial charge in [-0.15, -0.1) is 0 Å². The molecule has 1 saturated heterocycles. The number of para-hydroxylation sites is 2. The second kappa shape index (κ2) is 9.67. The van der Waals surface area contributed by atoms with E-state index < -0.39 is 0 Å². The number of carbonyl (C=O) groups excluding carboxylic acids is 1. The lowest BCUT2D eigenvalue weighted by molar-refractivity contribution is 0.0304. The quantitative estimate of drug-likeness (QED) is 0.476. The van der Waals surface area contributed by atoms with Crippen LogP contribution in [-0.4, -0.2) is 47.1 Å². The minimum atomic E-state index is 0.00373. The summed E-state index contributed by atoms with van der Waals surface area (Å²) >= 11 is 0. The fourth-order valence-corrected chi connectivity index (χ4v) is 3.76. The van der Waals surface area contributed by atoms with Gasteiger partial charge in [0.2, 0.25) is 5.88 Å². The number of ether oxygens (including phenoxy) is 2. The van der Waals surface area contributed by atoms with Gasteiger partial charge < -0.3 is 19.7 Å². The summed E-state index contributed by atoms with van der Waals surface area (Å²) in [5, 5.41) is 4.18. The van der Waals surface area contributed by atoms with E-state index in [0.717, 1.165) is 22.2 Å². The second-order valence-electron chi connectivity index (χ2n) is 7.75. The summed E-state index contributed by atoms with van der Waals surface area (Å²) in [5.74, 6) is 1.93. The number of carbonyl (C=O) groups is 1. The molecule has 33 heavy (non-hydrogen) atoms. The number of aromatic nitrogens is 2. The molecular formula is C26H24N4O3. The van der Waals surface area contributed by atoms with Gasteiger partial charge in [-0.25, -0.2) is 9.97 Å². The van der Waals surface area contributed by atoms with Crippen LogP contribution in [0.3, 0.4) is 0 Å². The number of rotatable bonds is 6. The highest BCUT2D eigenvalue weighted by atomic mass is 16.5. The third-order valence-electron chi connectivity index (χ3n) is 5.48. The van der Waals surface area contributed by atoms with Crippen LogP contribution in [0, 0.1) is 0 Å². The molecule has 0 bridgehead atoms. The van der Waals surface area contributed by atoms with E-state index >= 15 is 0 Å². The molecule has 1 N–H and O–H groups in total. The van der Waals surface area contributed by atoms with Crippen LogP contribution in [0.4, 0.5) is 5.82 Å². The molecule has 1 aliphatic rings. The largest absolute Gasteiger partial charge is 0.439 e. The number of nitrogens with one attached hydrogen (secondary N) is 1. The zero-order valence-corrected chi connectivity index (χ0v) is 18.1. The average Bonchev–Trinajstić information content (AvgIpc) is 2.88. The van der Waals surface area contributed by atoms with Gasteiger partial charge in [0.25, 0.3) is 5.91 Å². The molecule has 166 valence electrons. The van der Waals surface area contributed by atoms with Crippen LogP contribution in [0.5, 0.6) is 11.6 Å². The zero-order valence-electron chi connectivity index (χ0n) is 18.1. The Morgan fingerprint density at radius 2 is 1.79 bits per heavy atom. The van der Waals surface area contributed by atoms with Crippen LogP contribution in [0.2, 0.25) is 0 Å². The van der Waals surface area contributed by atoms with Crippen LogP contribution >= 0.6 is 0 Å². The highest BCUT2D eigenvalue weighted by Crippen LogP contribution is 2.24. The molecule has 4 aromatic rings. The number of fused-ring (bicyclic) bond motifs is 1. The first-order valence-corrected chi connectivity index (χ1v) is 10.9. The third kappa shape index (κ3) is 4.94. The van der Waals surface area contributed by atoms with Gasteiger partial charge in [0, 0.05) is 37.3 Å². The maximum absolute atomic E-state index is 13.2. The van der Waals surface area contributed by atoms with Gasteiger partial charge in [0.1, 0.15) is 11.6 Å². The van der Waals surface area contributed by atoms with Gasteiger partial charge in [-0.3, -0.25) is 4.79 Å². The lowest BCUT2D eigenvalue weighted by Gasteiger charge is -2.27. The van der Waals surface area contributed by atoms with E-state index in [9.17, 15) is 4.79 Å². The Hall–Kier alpha value is -3.97. The molecule has 7 nitrogen and oxygen atoms in total. The van der Waals surface area contributed by atoms with Gasteiger partial charge >= 0.3 is 0 Å². The van der Waals surface area contributed by atoms with Crippen molar-refractivity contribution in [3.05, 3.63) is 90.1 Å². The first kappa shape index (κ1) is 20.9. The van der Waals surface area contributed by atoms with E-state index in [1.807, 2.05) is 77.7 Å². The Bertz CT molecular complexity index is 1240. The number of nitrogens with zero attached hydrogens (tertiary/aromatic N) is 3. The summed E-state index contributed by atoms with van der Waals surface area (Å²) in [5.41, 5.74) is 2.41. The summed E-state index contributed by atoms with van der Waals surface area (Å²) < 4.78 is 11.1. The van der Waals surface area contributed by atoms with Crippen molar-refractivity contribution < 1.29 is 14.3 Å². The van der Waals surface area contributed by atoms with E-state index in [0.29, 0.717) is 50.1 Å². The molecule has 1 fully saturated rings. The molecule has 5 rings (SSSR count). The van der Waals surface area contributed by atoms with E-state index in [-0.39, 0.29) is 5.91 Å². The summed E-state index contributed by atoms with van der Waals surface area (Å²) in [6.07, 6.45) is 1.77. The van der Waals surface area contributed by atoms with Gasteiger partial charge in [-0.05, 0) is 29.8 Å². The van der Waals surface area contributed by atoms with E-state index in [4.69, 9.17) is 14.5 Å². The number of morpholine rings is 1. The number of benzene rings is 2. The predicted octanol–water partition coefficient (Wildman–Crippen LogP) is 4.51. The highest BCUT2D eigenvalue weighted by molar-refractivity contribution is 6.07. The number of hydrogen-bond donors (Lipinski definition) is 1. The molecular weight excluding hydrogens is 416 g/mol. The number of amides is 1. The van der Waals surface area contributed by atoms with Gasteiger partial charge in [0.05, 0.1) is 24.3 Å². The SMILES string of the molecule is O=C(c1cc(NCc2ccc(Oc3ccccc3)nc2)nc2ccccc12)N1CCOCC1. The van der Waals surface area contributed by atoms with Crippen molar-refractivity contribution in [3.8, 4) is 11.6 Å². The minimum absolute atomic E-state index is 0.00373. The number of pyridine rings is 2. The Kier molecular flexibility index (Phi) is 6.12. The van der Waals surface area contributed by atoms with Gasteiger partial charge in [-0.2, -0.15) is 0 Å². The zero-order chi connectivity index (χ0) is 22.5. The van der Waals surface area contributed by atoms with Crippen LogP contribution in [-0.2, 0) is 11.3 Å². The van der Waals surface area contributed by atoms with Crippen LogP contribution in [0.1, 0.15) is 15.9 Å². The fourth-order valence-electron chi connectivity index (χ4n) is 3.76. The molecule has 0 unspecified atom stereocenters. The molecule has 1 aliphatic heterocycles. The normalized spacial score (nSPS) is 13.6. The standard InChI is InChI=1S/C26H24N4O3/c31-26(30-12-14-32-15-13-30)22-16-24(29-23-9-5-4-8-21(22)23)27-17-19-10-11-25(28-18-19)33-20-6-2-1-3-7-20/h1-11,16,18H,12-15,17H2,(H,27,29). The van der Waals surface area contributed by atoms with Crippen molar-refractivity contribution in [2.24, 2.45) is 0 Å². The molecule has 0 spiro atoms. The van der Waals surface area contributed by atoms with Crippen molar-refractivity contribution in [1.82, 2.24) is 14.9 Å². The Morgan fingerprint density at radius 1 is 1.00 bits per heavy atom. The van der Waals surface area contributed by atoms with Crippen LogP contribution in [0.15, 0.2) is 79.0 Å². The first-order valence-electron chi connectivity index (χ1n) is 10.9. The molecule has 0 aliphatic carbocycles. The van der Waals surface area contributed by atoms with Crippen molar-refractivity contribution in [3.63, 3.8) is 0 Å². The first-order chi connectivity index (χ1) is 16.3. The third-order valence-corrected chi connectivity index (χ3v) is 5.48. The van der Waals surface area contributed by atoms with Gasteiger partial charge in [-0.1, -0.05) is 42.5 Å². The van der Waals surface area contributed by atoms with Crippen molar-refractivity contribution in [2.75, 3.05) is 31.6 Å². The monoisotopic (exact) mass is 440 g/mol. The molecule has 2 aromatic heterocycles. The Labute approximate surface area is 192 Å². The molecule has 7 heteroatoms. The Morgan fingerprint density at radius 3 is 2.58 bits per heavy atom. The van der Waals surface area contributed by atoms with Crippen LogP contribution in [0.25, 0.3) is 10.9 Å². The van der Waals surface area contributed by atoms with Crippen LogP contribution < -0.4 is 10.1 Å². The number of hydrogen-bond acceptors (Lipinski definition) is 6. The fraction of sp³-hybridized carbons (Fsp3) is 0.192.